The van der Waals surface area contributed by atoms with Crippen LogP contribution >= 0.6 is 0 Å². The summed E-state index contributed by atoms with van der Waals surface area (Å²) < 4.78 is 1.91. The number of benzene rings is 1. The Hall–Kier alpha value is -0.369. The Kier molecular flexibility index (Phi) is 5.93. The molecule has 0 spiro atoms. The Labute approximate surface area is 169 Å². The second kappa shape index (κ2) is 7.57. The Morgan fingerprint density at radius 2 is 1.50 bits per heavy atom. The van der Waals surface area contributed by atoms with Gasteiger partial charge in [0.05, 0.1) is 0 Å². The average molecular weight is 402 g/mol. The van der Waals surface area contributed by atoms with Crippen LogP contribution in [0.1, 0.15) is 59.8 Å². The zero-order valence-corrected chi connectivity index (χ0v) is 20.6. The van der Waals surface area contributed by atoms with Gasteiger partial charge in [0.25, 0.3) is 0 Å². The second-order valence-corrected chi connectivity index (χ2v) is 18.0. The summed E-state index contributed by atoms with van der Waals surface area (Å²) >= 11 is -1.19. The van der Waals surface area contributed by atoms with Crippen molar-refractivity contribution in [1.29, 1.82) is 0 Å². The SMILES string of the molecule is CC1=C(C)C(C)([Si](C)(c2ccccc2)C2CCCCC2)[C]([Ti]([CH3])[CH3])=C1C. The minimum atomic E-state index is -1.76. The summed E-state index contributed by atoms with van der Waals surface area (Å²) in [5.41, 5.74) is 5.91. The first kappa shape index (κ1) is 20.4. The summed E-state index contributed by atoms with van der Waals surface area (Å²) in [5.74, 6) is 0. The fraction of sp³-hybridized carbons (Fsp3) is 0.583. The van der Waals surface area contributed by atoms with Crippen LogP contribution in [0.15, 0.2) is 50.9 Å². The number of hydrogen-bond donors (Lipinski definition) is 0. The van der Waals surface area contributed by atoms with Gasteiger partial charge in [0, 0.05) is 0 Å². The topological polar surface area (TPSA) is 0 Å². The maximum absolute atomic E-state index is 2.76. The van der Waals surface area contributed by atoms with Crippen LogP contribution in [0.25, 0.3) is 0 Å². The summed E-state index contributed by atoms with van der Waals surface area (Å²) in [6, 6.07) is 11.7. The first-order chi connectivity index (χ1) is 12.3. The van der Waals surface area contributed by atoms with Gasteiger partial charge in [0.15, 0.2) is 0 Å². The van der Waals surface area contributed by atoms with Gasteiger partial charge in [-0.15, -0.1) is 0 Å². The van der Waals surface area contributed by atoms with Crippen molar-refractivity contribution in [2.24, 2.45) is 0 Å². The molecule has 2 aliphatic carbocycles. The van der Waals surface area contributed by atoms with Gasteiger partial charge >= 0.3 is 169 Å². The van der Waals surface area contributed by atoms with E-state index in [2.05, 4.69) is 75.0 Å². The third-order valence-corrected chi connectivity index (χ3v) is 17.8. The fourth-order valence-corrected chi connectivity index (χ4v) is 17.9. The molecule has 0 saturated heterocycles. The van der Waals surface area contributed by atoms with E-state index < -0.39 is 25.9 Å². The van der Waals surface area contributed by atoms with Gasteiger partial charge in [-0.2, -0.15) is 0 Å². The summed E-state index contributed by atoms with van der Waals surface area (Å²) in [5, 5.41) is 7.20. The van der Waals surface area contributed by atoms with Crippen molar-refractivity contribution >= 4 is 13.3 Å². The first-order valence-corrected chi connectivity index (χ1v) is 17.0. The normalized spacial score (nSPS) is 27.0. The van der Waals surface area contributed by atoms with Crippen LogP contribution in [0.3, 0.4) is 0 Å². The molecule has 3 rings (SSSR count). The molecule has 2 unspecified atom stereocenters. The van der Waals surface area contributed by atoms with E-state index in [9.17, 15) is 0 Å². The van der Waals surface area contributed by atoms with Gasteiger partial charge in [-0.1, -0.05) is 0 Å². The maximum atomic E-state index is 2.76. The number of rotatable bonds is 4. The van der Waals surface area contributed by atoms with E-state index in [0.29, 0.717) is 5.04 Å². The number of allylic oxidation sites excluding steroid dienone is 4. The summed E-state index contributed by atoms with van der Waals surface area (Å²) in [6.45, 7) is 12.7. The molecule has 0 radical (unpaired) electrons. The van der Waals surface area contributed by atoms with Crippen LogP contribution in [-0.4, -0.2) is 8.07 Å². The molecule has 1 fully saturated rings. The molecule has 2 heteroatoms. The fourth-order valence-electron chi connectivity index (χ4n) is 6.33. The van der Waals surface area contributed by atoms with Crippen LogP contribution < -0.4 is 5.19 Å². The van der Waals surface area contributed by atoms with E-state index in [4.69, 9.17) is 0 Å². The molecule has 0 nitrogen and oxygen atoms in total. The summed E-state index contributed by atoms with van der Waals surface area (Å²) in [4.78, 5) is 0. The van der Waals surface area contributed by atoms with E-state index in [1.807, 2.05) is 3.88 Å². The molecule has 0 bridgehead atoms. The van der Waals surface area contributed by atoms with Crippen LogP contribution in [0, 0.1) is 0 Å². The van der Waals surface area contributed by atoms with Crippen molar-refractivity contribution in [2.75, 3.05) is 0 Å². The van der Waals surface area contributed by atoms with Crippen molar-refractivity contribution in [1.82, 2.24) is 0 Å². The quantitative estimate of drug-likeness (QED) is 0.461. The van der Waals surface area contributed by atoms with Crippen LogP contribution in [0.2, 0.25) is 27.6 Å². The second-order valence-electron chi connectivity index (χ2n) is 9.28. The standard InChI is InChI=1S/C22H31Si.2CH3.Ti/c1-17-16-22(4,19(3)18(17)2)23(5,20-12-8-6-9-13-20)21-14-10-7-11-15-21;;;/h6,8-9,12-13,21H,7,10-11,14-15H2,1-5H3;2*1H3;. The van der Waals surface area contributed by atoms with E-state index >= 15 is 0 Å². The van der Waals surface area contributed by atoms with Crippen molar-refractivity contribution < 1.29 is 17.9 Å². The van der Waals surface area contributed by atoms with Crippen LogP contribution in [0.5, 0.6) is 0 Å². The van der Waals surface area contributed by atoms with E-state index in [0.717, 1.165) is 5.54 Å². The van der Waals surface area contributed by atoms with Gasteiger partial charge < -0.3 is 0 Å². The molecule has 1 saturated carbocycles. The van der Waals surface area contributed by atoms with Crippen LogP contribution in [0.4, 0.5) is 0 Å². The van der Waals surface area contributed by atoms with Crippen molar-refractivity contribution in [3.63, 3.8) is 0 Å². The minimum absolute atomic E-state index is 0.323. The van der Waals surface area contributed by atoms with Gasteiger partial charge in [0.1, 0.15) is 0 Å². The Bertz CT molecular complexity index is 724. The van der Waals surface area contributed by atoms with E-state index in [1.54, 1.807) is 21.9 Å². The van der Waals surface area contributed by atoms with Crippen LogP contribution in [-0.2, 0) is 17.9 Å². The van der Waals surface area contributed by atoms with Gasteiger partial charge in [-0.05, 0) is 0 Å². The van der Waals surface area contributed by atoms with Gasteiger partial charge in [-0.25, -0.2) is 0 Å². The molecule has 0 heterocycles. The molecule has 0 amide bonds. The Morgan fingerprint density at radius 1 is 0.923 bits per heavy atom. The zero-order valence-electron chi connectivity index (χ0n) is 18.0. The molecular formula is C24H37SiTi. The summed E-state index contributed by atoms with van der Waals surface area (Å²) in [7, 11) is -1.76. The third kappa shape index (κ3) is 2.90. The first-order valence-electron chi connectivity index (χ1n) is 10.5. The molecular weight excluding hydrogens is 364 g/mol. The van der Waals surface area contributed by atoms with Crippen molar-refractivity contribution in [2.45, 2.75) is 87.4 Å². The Morgan fingerprint density at radius 3 is 2.04 bits per heavy atom. The molecule has 0 aromatic heterocycles. The zero-order chi connectivity index (χ0) is 19.1. The molecule has 0 aliphatic heterocycles. The molecule has 26 heavy (non-hydrogen) atoms. The molecule has 141 valence electrons. The van der Waals surface area contributed by atoms with Crippen molar-refractivity contribution in [3.05, 3.63) is 50.9 Å². The summed E-state index contributed by atoms with van der Waals surface area (Å²) in [6.07, 6.45) is 7.24. The predicted molar refractivity (Wildman–Crippen MR) is 116 cm³/mol. The molecule has 1 aromatic rings. The van der Waals surface area contributed by atoms with Gasteiger partial charge in [-0.3, -0.25) is 0 Å². The van der Waals surface area contributed by atoms with E-state index in [-0.39, 0.29) is 0 Å². The Balaban J connectivity index is 2.27. The molecule has 2 aliphatic rings. The van der Waals surface area contributed by atoms with Gasteiger partial charge in [0.2, 0.25) is 0 Å². The van der Waals surface area contributed by atoms with Crippen molar-refractivity contribution in [3.8, 4) is 0 Å². The third-order valence-electron chi connectivity index (χ3n) is 8.08. The predicted octanol–water partition coefficient (Wildman–Crippen LogP) is 7.41. The van der Waals surface area contributed by atoms with E-state index in [1.165, 1.54) is 32.1 Å². The molecule has 2 atom stereocenters. The average Bonchev–Trinajstić information content (AvgIpc) is 2.83. The molecule has 0 N–H and O–H groups in total. The molecule has 1 aromatic carbocycles. The monoisotopic (exact) mass is 401 g/mol. The number of hydrogen-bond acceptors (Lipinski definition) is 0.